The molecule has 2 atom stereocenters. The summed E-state index contributed by atoms with van der Waals surface area (Å²) >= 11 is -1.61. The van der Waals surface area contributed by atoms with E-state index in [1.54, 1.807) is 19.1 Å². The molecule has 2 unspecified atom stereocenters. The van der Waals surface area contributed by atoms with E-state index in [2.05, 4.69) is 60.7 Å². The van der Waals surface area contributed by atoms with Crippen molar-refractivity contribution < 1.29 is 0 Å². The van der Waals surface area contributed by atoms with Crippen molar-refractivity contribution in [1.29, 1.82) is 0 Å². The summed E-state index contributed by atoms with van der Waals surface area (Å²) in [4.78, 5) is 0. The van der Waals surface area contributed by atoms with Gasteiger partial charge in [-0.3, -0.25) is 0 Å². The van der Waals surface area contributed by atoms with Crippen molar-refractivity contribution in [1.82, 2.24) is 0 Å². The van der Waals surface area contributed by atoms with E-state index in [0.29, 0.717) is 0 Å². The summed E-state index contributed by atoms with van der Waals surface area (Å²) in [5.41, 5.74) is 0. The summed E-state index contributed by atoms with van der Waals surface area (Å²) in [6.07, 6.45) is 4.43. The van der Waals surface area contributed by atoms with E-state index in [1.807, 2.05) is 0 Å². The summed E-state index contributed by atoms with van der Waals surface area (Å²) in [5, 5.41) is 3.10. The third-order valence-corrected chi connectivity index (χ3v) is 27.5. The van der Waals surface area contributed by atoms with Gasteiger partial charge in [0.15, 0.2) is 0 Å². The van der Waals surface area contributed by atoms with Gasteiger partial charge in [-0.15, -0.1) is 0 Å². The molecule has 0 aliphatic carbocycles. The molecule has 0 saturated carbocycles. The van der Waals surface area contributed by atoms with Crippen LogP contribution in [0.1, 0.15) is 19.3 Å². The summed E-state index contributed by atoms with van der Waals surface area (Å²) in [6.45, 7) is 0. The van der Waals surface area contributed by atoms with E-state index in [-0.39, 0.29) is 0 Å². The SMILES string of the molecule is c1ccc([As]2CCCCC[As]2c2ccccc2)cc1. The normalized spacial score (nSPS) is 23.8. The van der Waals surface area contributed by atoms with E-state index < -0.39 is 25.2 Å². The van der Waals surface area contributed by atoms with E-state index in [9.17, 15) is 0 Å². The Morgan fingerprint density at radius 3 is 1.37 bits per heavy atom. The predicted octanol–water partition coefficient (Wildman–Crippen LogP) is 3.05. The van der Waals surface area contributed by atoms with Gasteiger partial charge >= 0.3 is 124 Å². The molecule has 1 saturated heterocycles. The number of hydrogen-bond acceptors (Lipinski definition) is 0. The molecule has 0 bridgehead atoms. The van der Waals surface area contributed by atoms with E-state index in [4.69, 9.17) is 0 Å². The van der Waals surface area contributed by atoms with Crippen LogP contribution in [0.15, 0.2) is 60.7 Å². The van der Waals surface area contributed by atoms with Gasteiger partial charge in [-0.05, 0) is 0 Å². The first-order valence-corrected chi connectivity index (χ1v) is 16.8. The van der Waals surface area contributed by atoms with E-state index in [0.717, 1.165) is 0 Å². The Morgan fingerprint density at radius 2 is 0.947 bits per heavy atom. The second-order valence-corrected chi connectivity index (χ2v) is 22.9. The molecule has 19 heavy (non-hydrogen) atoms. The van der Waals surface area contributed by atoms with E-state index >= 15 is 0 Å². The zero-order valence-corrected chi connectivity index (χ0v) is 15.0. The Hall–Kier alpha value is -0.443. The van der Waals surface area contributed by atoms with Crippen molar-refractivity contribution in [2.24, 2.45) is 0 Å². The topological polar surface area (TPSA) is 0 Å². The summed E-state index contributed by atoms with van der Waals surface area (Å²) in [6, 6.07) is 22.9. The third kappa shape index (κ3) is 3.36. The van der Waals surface area contributed by atoms with Crippen molar-refractivity contribution in [2.75, 3.05) is 0 Å². The third-order valence-electron chi connectivity index (χ3n) is 3.64. The summed E-state index contributed by atoms with van der Waals surface area (Å²) < 4.78 is 3.47. The van der Waals surface area contributed by atoms with Crippen LogP contribution in [-0.4, -0.2) is 25.2 Å². The molecule has 3 rings (SSSR count). The van der Waals surface area contributed by atoms with Crippen LogP contribution in [0.25, 0.3) is 0 Å². The fourth-order valence-electron chi connectivity index (χ4n) is 2.68. The Bertz CT molecular complexity index is 448. The second-order valence-electron chi connectivity index (χ2n) is 4.98. The first-order chi connectivity index (χ1) is 9.45. The minimum atomic E-state index is -0.804. The molecule has 0 amide bonds. The zero-order valence-electron chi connectivity index (χ0n) is 11.2. The molecule has 1 heterocycles. The second kappa shape index (κ2) is 6.82. The van der Waals surface area contributed by atoms with Crippen molar-refractivity contribution in [3.63, 3.8) is 0 Å². The van der Waals surface area contributed by atoms with Crippen LogP contribution >= 0.6 is 0 Å². The molecule has 2 heteroatoms. The van der Waals surface area contributed by atoms with Crippen LogP contribution in [0.3, 0.4) is 0 Å². The van der Waals surface area contributed by atoms with Gasteiger partial charge in [0.1, 0.15) is 0 Å². The maximum absolute atomic E-state index is 2.41. The van der Waals surface area contributed by atoms with Crippen molar-refractivity contribution >= 4 is 33.9 Å². The summed E-state index contributed by atoms with van der Waals surface area (Å²) in [7, 11) is 0. The maximum atomic E-state index is 2.41. The Balaban J connectivity index is 1.94. The molecule has 0 radical (unpaired) electrons. The van der Waals surface area contributed by atoms with Crippen molar-refractivity contribution in [3.8, 4) is 0 Å². The average molecular weight is 374 g/mol. The molecule has 0 spiro atoms. The molecule has 1 fully saturated rings. The van der Waals surface area contributed by atoms with Gasteiger partial charge < -0.3 is 0 Å². The van der Waals surface area contributed by atoms with Crippen LogP contribution in [0.5, 0.6) is 0 Å². The molecular weight excluding hydrogens is 354 g/mol. The Labute approximate surface area is 124 Å². The standard InChI is InChI=1S/C17H20As2/c1-4-10-16(11-5-1)18-14-8-3-9-15-19(18)17-12-6-2-7-13-17/h1-2,4-7,10-13H,3,8-9,14-15H2. The van der Waals surface area contributed by atoms with Gasteiger partial charge in [0.25, 0.3) is 0 Å². The minimum absolute atomic E-state index is 0.804. The van der Waals surface area contributed by atoms with Crippen LogP contribution in [0, 0.1) is 0 Å². The van der Waals surface area contributed by atoms with Crippen LogP contribution in [-0.2, 0) is 0 Å². The first kappa shape index (κ1) is 13.5. The van der Waals surface area contributed by atoms with Crippen molar-refractivity contribution in [3.05, 3.63) is 60.7 Å². The Kier molecular flexibility index (Phi) is 4.86. The number of benzene rings is 2. The fourth-order valence-corrected chi connectivity index (χ4v) is 27.6. The average Bonchev–Trinajstić information content (AvgIpc) is 2.75. The number of hydrogen-bond donors (Lipinski definition) is 0. The van der Waals surface area contributed by atoms with Gasteiger partial charge in [0.05, 0.1) is 0 Å². The van der Waals surface area contributed by atoms with Gasteiger partial charge in [0, 0.05) is 0 Å². The molecule has 1 aliphatic rings. The van der Waals surface area contributed by atoms with Crippen LogP contribution in [0.2, 0.25) is 10.4 Å². The van der Waals surface area contributed by atoms with Crippen LogP contribution in [0.4, 0.5) is 0 Å². The molecule has 2 aromatic rings. The molecule has 0 aromatic heterocycles. The number of rotatable bonds is 2. The predicted molar refractivity (Wildman–Crippen MR) is 87.1 cm³/mol. The monoisotopic (exact) mass is 374 g/mol. The zero-order chi connectivity index (χ0) is 12.9. The molecule has 2 aromatic carbocycles. The Morgan fingerprint density at radius 1 is 0.526 bits per heavy atom. The van der Waals surface area contributed by atoms with Gasteiger partial charge in [-0.2, -0.15) is 0 Å². The van der Waals surface area contributed by atoms with Gasteiger partial charge in [0.2, 0.25) is 0 Å². The van der Waals surface area contributed by atoms with Gasteiger partial charge in [-0.25, -0.2) is 0 Å². The molecular formula is C17H20As2. The molecule has 0 nitrogen and oxygen atoms in total. The van der Waals surface area contributed by atoms with Crippen molar-refractivity contribution in [2.45, 2.75) is 29.7 Å². The quantitative estimate of drug-likeness (QED) is 0.709. The fraction of sp³-hybridized carbons (Fsp3) is 0.294. The van der Waals surface area contributed by atoms with Gasteiger partial charge in [-0.1, -0.05) is 0 Å². The van der Waals surface area contributed by atoms with Crippen LogP contribution < -0.4 is 8.70 Å². The molecule has 1 aliphatic heterocycles. The first-order valence-electron chi connectivity index (χ1n) is 7.10. The van der Waals surface area contributed by atoms with E-state index in [1.165, 1.54) is 19.3 Å². The molecule has 0 N–H and O–H groups in total. The summed E-state index contributed by atoms with van der Waals surface area (Å²) in [5.74, 6) is 0. The molecule has 98 valence electrons.